The lowest BCUT2D eigenvalue weighted by Gasteiger charge is -2.32. The van der Waals surface area contributed by atoms with Crippen LogP contribution in [-0.4, -0.2) is 33.4 Å². The number of para-hydroxylation sites is 2. The van der Waals surface area contributed by atoms with Crippen molar-refractivity contribution in [3.05, 3.63) is 65.8 Å². The van der Waals surface area contributed by atoms with Crippen LogP contribution in [0.25, 0.3) is 21.1 Å². The molecule has 1 atom stereocenters. The normalized spacial score (nSPS) is 17.4. The first-order valence-electron chi connectivity index (χ1n) is 9.95. The van der Waals surface area contributed by atoms with E-state index in [4.69, 9.17) is 4.98 Å². The molecule has 142 valence electrons. The second-order valence-electron chi connectivity index (χ2n) is 7.52. The summed E-state index contributed by atoms with van der Waals surface area (Å²) >= 11 is 1.78. The molecular formula is C23H23N3OS. The van der Waals surface area contributed by atoms with Crippen LogP contribution in [0.4, 0.5) is 0 Å². The van der Waals surface area contributed by atoms with Crippen LogP contribution in [0.1, 0.15) is 30.2 Å². The van der Waals surface area contributed by atoms with Crippen LogP contribution in [-0.2, 0) is 11.3 Å². The molecule has 1 aliphatic rings. The highest BCUT2D eigenvalue weighted by atomic mass is 32.1. The first-order chi connectivity index (χ1) is 13.8. The number of nitrogens with zero attached hydrogens (tertiary/aromatic N) is 3. The summed E-state index contributed by atoms with van der Waals surface area (Å²) in [6, 6.07) is 18.7. The number of aromatic nitrogens is 2. The van der Waals surface area contributed by atoms with Gasteiger partial charge in [-0.05, 0) is 42.5 Å². The van der Waals surface area contributed by atoms with Gasteiger partial charge in [0.25, 0.3) is 0 Å². The minimum Gasteiger partial charge on any atom is -0.347 e. The predicted molar refractivity (Wildman–Crippen MR) is 115 cm³/mol. The van der Waals surface area contributed by atoms with Gasteiger partial charge in [-0.1, -0.05) is 30.3 Å². The number of amides is 1. The minimum absolute atomic E-state index is 0.253. The Bertz CT molecular complexity index is 1100. The molecule has 0 saturated carbocycles. The smallest absolute Gasteiger partial charge is 0.224 e. The first kappa shape index (κ1) is 17.4. The van der Waals surface area contributed by atoms with Crippen molar-refractivity contribution in [1.82, 2.24) is 14.5 Å². The number of hydrogen-bond acceptors (Lipinski definition) is 3. The highest BCUT2D eigenvalue weighted by molar-refractivity contribution is 7.18. The molecule has 0 bridgehead atoms. The summed E-state index contributed by atoms with van der Waals surface area (Å²) in [5, 5.41) is 2.40. The van der Waals surface area contributed by atoms with E-state index in [-0.39, 0.29) is 5.91 Å². The molecule has 0 radical (unpaired) electrons. The molecule has 1 saturated heterocycles. The van der Waals surface area contributed by atoms with Crippen LogP contribution in [0.15, 0.2) is 60.8 Å². The topological polar surface area (TPSA) is 38.1 Å². The number of piperidine rings is 1. The summed E-state index contributed by atoms with van der Waals surface area (Å²) in [7, 11) is 0. The molecule has 3 heterocycles. The minimum atomic E-state index is 0.253. The molecular weight excluding hydrogens is 366 g/mol. The lowest BCUT2D eigenvalue weighted by molar-refractivity contribution is -0.132. The molecule has 5 heteroatoms. The van der Waals surface area contributed by atoms with Crippen molar-refractivity contribution in [2.75, 3.05) is 13.1 Å². The van der Waals surface area contributed by atoms with Crippen LogP contribution in [0, 0.1) is 0 Å². The van der Waals surface area contributed by atoms with Crippen LogP contribution in [0.2, 0.25) is 0 Å². The van der Waals surface area contributed by atoms with E-state index in [9.17, 15) is 4.79 Å². The molecule has 0 N–H and O–H groups in total. The fourth-order valence-corrected chi connectivity index (χ4v) is 5.27. The molecule has 0 aliphatic carbocycles. The number of hydrogen-bond donors (Lipinski definition) is 0. The molecule has 1 aliphatic heterocycles. The van der Waals surface area contributed by atoms with Crippen LogP contribution >= 0.6 is 11.3 Å². The van der Waals surface area contributed by atoms with Crippen LogP contribution in [0.5, 0.6) is 0 Å². The van der Waals surface area contributed by atoms with Crippen LogP contribution in [0.3, 0.4) is 0 Å². The van der Waals surface area contributed by atoms with Gasteiger partial charge in [0, 0.05) is 43.7 Å². The Labute approximate surface area is 168 Å². The van der Waals surface area contributed by atoms with E-state index >= 15 is 0 Å². The van der Waals surface area contributed by atoms with E-state index in [0.717, 1.165) is 38.0 Å². The van der Waals surface area contributed by atoms with Gasteiger partial charge in [0.15, 0.2) is 0 Å². The Morgan fingerprint density at radius 2 is 1.96 bits per heavy atom. The summed E-state index contributed by atoms with van der Waals surface area (Å²) in [5.41, 5.74) is 2.27. The molecule has 2 aromatic carbocycles. The maximum Gasteiger partial charge on any atom is 0.224 e. The molecule has 0 spiro atoms. The molecule has 1 unspecified atom stereocenters. The number of fused-ring (bicyclic) bond motifs is 2. The van der Waals surface area contributed by atoms with Gasteiger partial charge in [-0.25, -0.2) is 4.98 Å². The van der Waals surface area contributed by atoms with Crippen molar-refractivity contribution in [2.45, 2.75) is 31.7 Å². The Morgan fingerprint density at radius 1 is 1.11 bits per heavy atom. The molecule has 28 heavy (non-hydrogen) atoms. The maximum absolute atomic E-state index is 12.9. The summed E-state index contributed by atoms with van der Waals surface area (Å²) in [6.07, 6.45) is 4.80. The van der Waals surface area contributed by atoms with Gasteiger partial charge in [-0.3, -0.25) is 4.79 Å². The number of carbonyl (C=O) groups is 1. The molecule has 1 fully saturated rings. The van der Waals surface area contributed by atoms with Crippen molar-refractivity contribution < 1.29 is 4.79 Å². The number of rotatable bonds is 4. The Balaban J connectivity index is 1.26. The van der Waals surface area contributed by atoms with E-state index < -0.39 is 0 Å². The quantitative estimate of drug-likeness (QED) is 0.490. The average molecular weight is 390 g/mol. The summed E-state index contributed by atoms with van der Waals surface area (Å²) < 4.78 is 3.42. The Morgan fingerprint density at radius 3 is 2.89 bits per heavy atom. The van der Waals surface area contributed by atoms with Gasteiger partial charge in [0.05, 0.1) is 15.2 Å². The standard InChI is InChI=1S/C23H23N3OS/c27-22(12-15-25-14-11-17-6-1-3-9-20(17)25)26-13-5-7-18(16-26)23-24-19-8-2-4-10-21(19)28-23/h1-4,6,8-11,14,18H,5,7,12-13,15-16H2. The SMILES string of the molecule is O=C(CCn1ccc2ccccc21)N1CCCC(c2nc3ccccc3s2)C1. The fraction of sp³-hybridized carbons (Fsp3) is 0.304. The predicted octanol–water partition coefficient (Wildman–Crippen LogP) is 5.05. The zero-order valence-corrected chi connectivity index (χ0v) is 16.6. The van der Waals surface area contributed by atoms with Gasteiger partial charge in [-0.15, -0.1) is 11.3 Å². The van der Waals surface area contributed by atoms with Gasteiger partial charge in [0.1, 0.15) is 0 Å². The van der Waals surface area contributed by atoms with Crippen molar-refractivity contribution in [1.29, 1.82) is 0 Å². The lowest BCUT2D eigenvalue weighted by atomic mass is 9.98. The van der Waals surface area contributed by atoms with Crippen molar-refractivity contribution in [3.63, 3.8) is 0 Å². The van der Waals surface area contributed by atoms with E-state index in [1.807, 2.05) is 23.1 Å². The zero-order valence-electron chi connectivity index (χ0n) is 15.8. The Hall–Kier alpha value is -2.66. The van der Waals surface area contributed by atoms with E-state index in [0.29, 0.717) is 12.3 Å². The second-order valence-corrected chi connectivity index (χ2v) is 8.58. The third-order valence-corrected chi connectivity index (χ3v) is 6.88. The number of benzene rings is 2. The van der Waals surface area contributed by atoms with Crippen molar-refractivity contribution in [2.24, 2.45) is 0 Å². The third-order valence-electron chi connectivity index (χ3n) is 5.68. The van der Waals surface area contributed by atoms with E-state index in [1.165, 1.54) is 20.6 Å². The fourth-order valence-electron chi connectivity index (χ4n) is 4.18. The highest BCUT2D eigenvalue weighted by Gasteiger charge is 2.26. The number of likely N-dealkylation sites (tertiary alicyclic amines) is 1. The molecule has 4 nitrogen and oxygen atoms in total. The molecule has 4 aromatic rings. The summed E-state index contributed by atoms with van der Waals surface area (Å²) in [4.78, 5) is 19.7. The lowest BCUT2D eigenvalue weighted by Crippen LogP contribution is -2.39. The Kier molecular flexibility index (Phi) is 4.61. The second kappa shape index (κ2) is 7.40. The van der Waals surface area contributed by atoms with Gasteiger partial charge >= 0.3 is 0 Å². The zero-order chi connectivity index (χ0) is 18.9. The van der Waals surface area contributed by atoms with Gasteiger partial charge < -0.3 is 9.47 Å². The van der Waals surface area contributed by atoms with Crippen molar-refractivity contribution in [3.8, 4) is 0 Å². The highest BCUT2D eigenvalue weighted by Crippen LogP contribution is 2.33. The van der Waals surface area contributed by atoms with E-state index in [2.05, 4.69) is 47.2 Å². The van der Waals surface area contributed by atoms with Gasteiger partial charge in [-0.2, -0.15) is 0 Å². The van der Waals surface area contributed by atoms with Gasteiger partial charge in [0.2, 0.25) is 5.91 Å². The molecule has 5 rings (SSSR count). The number of thiazole rings is 1. The largest absolute Gasteiger partial charge is 0.347 e. The van der Waals surface area contributed by atoms with E-state index in [1.54, 1.807) is 11.3 Å². The third kappa shape index (κ3) is 3.31. The molecule has 1 amide bonds. The number of aryl methyl sites for hydroxylation is 1. The monoisotopic (exact) mass is 389 g/mol. The van der Waals surface area contributed by atoms with Crippen LogP contribution < -0.4 is 0 Å². The summed E-state index contributed by atoms with van der Waals surface area (Å²) in [5.74, 6) is 0.617. The summed E-state index contributed by atoms with van der Waals surface area (Å²) in [6.45, 7) is 2.40. The first-order valence-corrected chi connectivity index (χ1v) is 10.8. The average Bonchev–Trinajstić information content (AvgIpc) is 3.36. The number of carbonyl (C=O) groups excluding carboxylic acids is 1. The van der Waals surface area contributed by atoms with Crippen molar-refractivity contribution >= 4 is 38.4 Å². The molecule has 2 aromatic heterocycles. The maximum atomic E-state index is 12.9.